The average molecular weight is 496 g/mol. The van der Waals surface area contributed by atoms with E-state index in [1.165, 1.54) is 10.8 Å². The van der Waals surface area contributed by atoms with Crippen LogP contribution >= 0.6 is 36.4 Å². The Bertz CT molecular complexity index is 1410. The summed E-state index contributed by atoms with van der Waals surface area (Å²) in [5.41, 5.74) is 0.827. The maximum atomic E-state index is 13.7. The van der Waals surface area contributed by atoms with Gasteiger partial charge in [-0.1, -0.05) is 29.8 Å². The van der Waals surface area contributed by atoms with Crippen molar-refractivity contribution in [3.63, 3.8) is 0 Å². The lowest BCUT2D eigenvalue weighted by atomic mass is 10.1. The fourth-order valence-corrected chi connectivity index (χ4v) is 4.40. The van der Waals surface area contributed by atoms with Crippen LogP contribution in [0.3, 0.4) is 0 Å². The molecule has 1 aliphatic heterocycles. The largest absolute Gasteiger partial charge is 0.494 e. The number of benzene rings is 2. The van der Waals surface area contributed by atoms with Crippen LogP contribution in [-0.4, -0.2) is 34.3 Å². The number of aromatic nitrogens is 3. The number of rotatable bonds is 3. The zero-order valence-corrected chi connectivity index (χ0v) is 19.5. The van der Waals surface area contributed by atoms with Crippen LogP contribution in [0.2, 0.25) is 5.02 Å². The third kappa shape index (κ3) is 3.75. The molecule has 0 saturated carbocycles. The van der Waals surface area contributed by atoms with E-state index >= 15 is 0 Å². The van der Waals surface area contributed by atoms with Gasteiger partial charge in [0.25, 0.3) is 5.56 Å². The van der Waals surface area contributed by atoms with Gasteiger partial charge < -0.3 is 10.1 Å². The summed E-state index contributed by atoms with van der Waals surface area (Å²) in [5.74, 6) is 0.594. The zero-order valence-electron chi connectivity index (χ0n) is 17.1. The molecule has 168 valence electrons. The highest BCUT2D eigenvalue weighted by Crippen LogP contribution is 2.30. The van der Waals surface area contributed by atoms with Gasteiger partial charge in [-0.25, -0.2) is 9.36 Å². The fraction of sp³-hybridized carbons (Fsp3) is 0.227. The number of hydrogen-bond donors (Lipinski definition) is 1. The monoisotopic (exact) mass is 494 g/mol. The molecule has 0 unspecified atom stereocenters. The number of para-hydroxylation sites is 1. The van der Waals surface area contributed by atoms with Crippen LogP contribution in [0.5, 0.6) is 5.75 Å². The number of methoxy groups -OCH3 is 1. The van der Waals surface area contributed by atoms with Gasteiger partial charge in [-0.2, -0.15) is 0 Å². The molecule has 1 fully saturated rings. The molecule has 0 spiro atoms. The highest BCUT2D eigenvalue weighted by atomic mass is 35.5. The SMILES string of the molecule is COc1cccc2c1ncc1c(=O)n(-c3cccc(Cl)c3)c(=O)n([C@H]3CCNC3)c12.Cl.Cl. The van der Waals surface area contributed by atoms with Crippen LogP contribution in [0.1, 0.15) is 12.5 Å². The Balaban J connectivity index is 0.00000144. The summed E-state index contributed by atoms with van der Waals surface area (Å²) in [4.78, 5) is 31.6. The van der Waals surface area contributed by atoms with E-state index in [-0.39, 0.29) is 30.9 Å². The minimum Gasteiger partial charge on any atom is -0.494 e. The maximum Gasteiger partial charge on any atom is 0.336 e. The van der Waals surface area contributed by atoms with Crippen molar-refractivity contribution in [2.75, 3.05) is 20.2 Å². The van der Waals surface area contributed by atoms with E-state index in [1.807, 2.05) is 18.2 Å². The van der Waals surface area contributed by atoms with Gasteiger partial charge in [-0.05, 0) is 37.2 Å². The van der Waals surface area contributed by atoms with Crippen molar-refractivity contribution in [2.24, 2.45) is 0 Å². The molecule has 2 aromatic heterocycles. The van der Waals surface area contributed by atoms with Gasteiger partial charge in [-0.15, -0.1) is 24.8 Å². The number of pyridine rings is 1. The second-order valence-electron chi connectivity index (χ2n) is 7.30. The first-order valence-electron chi connectivity index (χ1n) is 9.70. The number of fused-ring (bicyclic) bond motifs is 3. The Morgan fingerprint density at radius 3 is 2.59 bits per heavy atom. The topological polar surface area (TPSA) is 78.2 Å². The van der Waals surface area contributed by atoms with Crippen LogP contribution in [-0.2, 0) is 0 Å². The third-order valence-electron chi connectivity index (χ3n) is 5.59. The second-order valence-corrected chi connectivity index (χ2v) is 7.73. The van der Waals surface area contributed by atoms with Gasteiger partial charge in [0.15, 0.2) is 0 Å². The second kappa shape index (κ2) is 9.50. The highest BCUT2D eigenvalue weighted by Gasteiger charge is 2.25. The number of halogens is 3. The average Bonchev–Trinajstić information content (AvgIpc) is 3.27. The highest BCUT2D eigenvalue weighted by molar-refractivity contribution is 6.30. The van der Waals surface area contributed by atoms with Gasteiger partial charge in [-0.3, -0.25) is 14.3 Å². The van der Waals surface area contributed by atoms with E-state index in [2.05, 4.69) is 10.3 Å². The fourth-order valence-electron chi connectivity index (χ4n) is 4.21. The first-order valence-corrected chi connectivity index (χ1v) is 10.1. The zero-order chi connectivity index (χ0) is 20.8. The van der Waals surface area contributed by atoms with Crippen LogP contribution < -0.4 is 21.3 Å². The molecule has 4 aromatic rings. The smallest absolute Gasteiger partial charge is 0.336 e. The molecule has 0 bridgehead atoms. The van der Waals surface area contributed by atoms with Crippen LogP contribution in [0.25, 0.3) is 27.5 Å². The van der Waals surface area contributed by atoms with Gasteiger partial charge in [0.1, 0.15) is 11.3 Å². The van der Waals surface area contributed by atoms with Crippen molar-refractivity contribution < 1.29 is 4.74 Å². The van der Waals surface area contributed by atoms with Crippen molar-refractivity contribution in [3.8, 4) is 11.4 Å². The minimum absolute atomic E-state index is 0. The van der Waals surface area contributed by atoms with Gasteiger partial charge in [0, 0.05) is 23.2 Å². The van der Waals surface area contributed by atoms with E-state index in [1.54, 1.807) is 35.9 Å². The van der Waals surface area contributed by atoms with Crippen molar-refractivity contribution in [3.05, 3.63) is 74.5 Å². The minimum atomic E-state index is -0.420. The van der Waals surface area contributed by atoms with Gasteiger partial charge in [0.2, 0.25) is 0 Å². The molecule has 7 nitrogen and oxygen atoms in total. The standard InChI is InChI=1S/C22H19ClN4O3.2ClH/c1-30-18-7-3-6-16-19(18)25-12-17-20(16)26(15-8-9-24-11-15)22(29)27(21(17)28)14-5-2-4-13(23)10-14;;/h2-7,10,12,15,24H,8-9,11H2,1H3;2*1H/t15-;;/m0../s1. The summed E-state index contributed by atoms with van der Waals surface area (Å²) >= 11 is 6.14. The summed E-state index contributed by atoms with van der Waals surface area (Å²) in [6, 6.07) is 12.2. The quantitative estimate of drug-likeness (QED) is 0.438. The summed E-state index contributed by atoms with van der Waals surface area (Å²) in [6.07, 6.45) is 2.32. The molecule has 0 radical (unpaired) electrons. The lowest BCUT2D eigenvalue weighted by Gasteiger charge is -2.20. The third-order valence-corrected chi connectivity index (χ3v) is 5.82. The predicted molar refractivity (Wildman–Crippen MR) is 132 cm³/mol. The van der Waals surface area contributed by atoms with E-state index < -0.39 is 11.2 Å². The van der Waals surface area contributed by atoms with E-state index in [0.717, 1.165) is 13.0 Å². The van der Waals surface area contributed by atoms with E-state index in [0.29, 0.717) is 44.8 Å². The molecule has 32 heavy (non-hydrogen) atoms. The molecule has 1 N–H and O–H groups in total. The van der Waals surface area contributed by atoms with E-state index in [4.69, 9.17) is 16.3 Å². The summed E-state index contributed by atoms with van der Waals surface area (Å²) in [7, 11) is 1.58. The number of ether oxygens (including phenoxy) is 1. The molecule has 10 heteroatoms. The number of nitrogens with zero attached hydrogens (tertiary/aromatic N) is 3. The van der Waals surface area contributed by atoms with Crippen molar-refractivity contribution in [1.29, 1.82) is 0 Å². The van der Waals surface area contributed by atoms with Crippen LogP contribution in [0, 0.1) is 0 Å². The lowest BCUT2D eigenvalue weighted by Crippen LogP contribution is -2.41. The molecule has 1 aliphatic rings. The summed E-state index contributed by atoms with van der Waals surface area (Å²) < 4.78 is 8.35. The molecule has 1 atom stereocenters. The molecular weight excluding hydrogens is 475 g/mol. The molecular formula is C22H21Cl3N4O3. The first kappa shape index (κ1) is 24.1. The Hall–Kier alpha value is -2.58. The van der Waals surface area contributed by atoms with E-state index in [9.17, 15) is 9.59 Å². The van der Waals surface area contributed by atoms with Gasteiger partial charge >= 0.3 is 5.69 Å². The number of hydrogen-bond acceptors (Lipinski definition) is 5. The first-order chi connectivity index (χ1) is 14.6. The molecule has 0 aliphatic carbocycles. The van der Waals surface area contributed by atoms with Crippen LogP contribution in [0.4, 0.5) is 0 Å². The Kier molecular flexibility index (Phi) is 7.15. The molecule has 1 saturated heterocycles. The molecule has 2 aromatic carbocycles. The Labute approximate surface area is 200 Å². The van der Waals surface area contributed by atoms with Crippen molar-refractivity contribution >= 4 is 58.2 Å². The van der Waals surface area contributed by atoms with Crippen LogP contribution in [0.15, 0.2) is 58.3 Å². The normalized spacial score (nSPS) is 15.4. The molecule has 0 amide bonds. The maximum absolute atomic E-state index is 13.7. The Morgan fingerprint density at radius 2 is 1.91 bits per heavy atom. The summed E-state index contributed by atoms with van der Waals surface area (Å²) in [5, 5.41) is 4.85. The molecule has 3 heterocycles. The Morgan fingerprint density at radius 1 is 1.12 bits per heavy atom. The van der Waals surface area contributed by atoms with Gasteiger partial charge in [0.05, 0.1) is 29.7 Å². The predicted octanol–water partition coefficient (Wildman–Crippen LogP) is 3.74. The van der Waals surface area contributed by atoms with Crippen molar-refractivity contribution in [1.82, 2.24) is 19.4 Å². The molecule has 5 rings (SSSR count). The lowest BCUT2D eigenvalue weighted by molar-refractivity contribution is 0.419. The number of nitrogens with one attached hydrogen (secondary N) is 1. The summed E-state index contributed by atoms with van der Waals surface area (Å²) in [6.45, 7) is 1.46. The van der Waals surface area contributed by atoms with Crippen molar-refractivity contribution in [2.45, 2.75) is 12.5 Å².